The quantitative estimate of drug-likeness (QED) is 0.819. The van der Waals surface area contributed by atoms with Gasteiger partial charge in [-0.05, 0) is 6.07 Å². The predicted octanol–water partition coefficient (Wildman–Crippen LogP) is 2.82. The second-order valence-electron chi connectivity index (χ2n) is 3.98. The Hall–Kier alpha value is -2.02. The molecule has 1 aromatic carbocycles. The Labute approximate surface area is 109 Å². The zero-order chi connectivity index (χ0) is 13.7. The maximum absolute atomic E-state index is 13.8. The molecule has 2 heterocycles. The Balaban J connectivity index is 2.28. The molecule has 0 fully saturated rings. The van der Waals surface area contributed by atoms with Crippen molar-refractivity contribution in [1.29, 1.82) is 0 Å². The minimum atomic E-state index is -1.57. The molecule has 98 valence electrons. The number of ether oxygens (including phenoxy) is 1. The van der Waals surface area contributed by atoms with Gasteiger partial charge in [0.15, 0.2) is 17.5 Å². The topological polar surface area (TPSA) is 52.3 Å². The number of carbonyl (C=O) groups excluding carboxylic acids is 1. The van der Waals surface area contributed by atoms with Crippen LogP contribution in [0, 0.1) is 17.5 Å². The summed E-state index contributed by atoms with van der Waals surface area (Å²) in [7, 11) is 0. The molecule has 3 rings (SSSR count). The minimum absolute atomic E-state index is 0.0522. The number of hydrogen-bond donors (Lipinski definition) is 1. The van der Waals surface area contributed by atoms with Crippen LogP contribution in [0.5, 0.6) is 5.75 Å². The van der Waals surface area contributed by atoms with Crippen LogP contribution in [-0.2, 0) is 6.61 Å². The summed E-state index contributed by atoms with van der Waals surface area (Å²) < 4.78 is 45.4. The standard InChI is InChI=1S/C12H6F3NO2S/c13-5-2-6-8(10(15)9(5)14)11-4(3-18-6)1-7(19-11)12(16)17/h1-2H,3H2,(H2,16,17). The van der Waals surface area contributed by atoms with E-state index in [1.54, 1.807) is 0 Å². The molecule has 2 aromatic rings. The number of rotatable bonds is 1. The summed E-state index contributed by atoms with van der Waals surface area (Å²) in [6, 6.07) is 2.26. The first-order valence-electron chi connectivity index (χ1n) is 5.22. The molecule has 0 radical (unpaired) electrons. The number of carbonyl (C=O) groups is 1. The van der Waals surface area contributed by atoms with Crippen LogP contribution in [0.2, 0.25) is 0 Å². The predicted molar refractivity (Wildman–Crippen MR) is 62.5 cm³/mol. The SMILES string of the molecule is NC(=O)c1cc2c(s1)-c1c(cc(F)c(F)c1F)OC2. The van der Waals surface area contributed by atoms with E-state index < -0.39 is 23.4 Å². The van der Waals surface area contributed by atoms with Crippen LogP contribution in [0.3, 0.4) is 0 Å². The average molecular weight is 285 g/mol. The molecule has 1 aliphatic rings. The van der Waals surface area contributed by atoms with Gasteiger partial charge in [-0.1, -0.05) is 0 Å². The summed E-state index contributed by atoms with van der Waals surface area (Å²) in [4.78, 5) is 11.7. The molecule has 1 aromatic heterocycles. The Kier molecular flexibility index (Phi) is 2.53. The number of fused-ring (bicyclic) bond motifs is 3. The molecular weight excluding hydrogens is 279 g/mol. The van der Waals surface area contributed by atoms with E-state index >= 15 is 0 Å². The van der Waals surface area contributed by atoms with E-state index in [0.717, 1.165) is 17.4 Å². The highest BCUT2D eigenvalue weighted by Gasteiger charge is 2.28. The first-order chi connectivity index (χ1) is 8.99. The van der Waals surface area contributed by atoms with Crippen LogP contribution >= 0.6 is 11.3 Å². The lowest BCUT2D eigenvalue weighted by Crippen LogP contribution is -2.08. The maximum Gasteiger partial charge on any atom is 0.258 e. The third-order valence-corrected chi connectivity index (χ3v) is 4.00. The largest absolute Gasteiger partial charge is 0.488 e. The van der Waals surface area contributed by atoms with Gasteiger partial charge in [-0.3, -0.25) is 4.79 Å². The number of benzene rings is 1. The van der Waals surface area contributed by atoms with Gasteiger partial charge in [-0.25, -0.2) is 13.2 Å². The van der Waals surface area contributed by atoms with E-state index in [4.69, 9.17) is 10.5 Å². The van der Waals surface area contributed by atoms with E-state index in [-0.39, 0.29) is 22.8 Å². The normalized spacial score (nSPS) is 12.6. The van der Waals surface area contributed by atoms with Crippen molar-refractivity contribution in [1.82, 2.24) is 0 Å². The van der Waals surface area contributed by atoms with Crippen molar-refractivity contribution in [2.24, 2.45) is 5.73 Å². The number of nitrogens with two attached hydrogens (primary N) is 1. The molecule has 1 amide bonds. The Bertz CT molecular complexity index is 711. The van der Waals surface area contributed by atoms with E-state index in [1.165, 1.54) is 6.07 Å². The van der Waals surface area contributed by atoms with Gasteiger partial charge in [0.2, 0.25) is 0 Å². The smallest absolute Gasteiger partial charge is 0.258 e. The first kappa shape index (κ1) is 12.0. The third kappa shape index (κ3) is 1.69. The van der Waals surface area contributed by atoms with Crippen LogP contribution in [0.15, 0.2) is 12.1 Å². The highest BCUT2D eigenvalue weighted by atomic mass is 32.1. The molecule has 0 atom stereocenters. The van der Waals surface area contributed by atoms with Crippen LogP contribution in [0.4, 0.5) is 13.2 Å². The molecule has 0 bridgehead atoms. The van der Waals surface area contributed by atoms with E-state index in [1.807, 2.05) is 0 Å². The molecule has 0 saturated heterocycles. The molecule has 0 saturated carbocycles. The Morgan fingerprint density at radius 2 is 2.00 bits per heavy atom. The lowest BCUT2D eigenvalue weighted by Gasteiger charge is -2.18. The molecule has 0 spiro atoms. The molecule has 0 unspecified atom stereocenters. The Morgan fingerprint density at radius 3 is 2.68 bits per heavy atom. The summed E-state index contributed by atoms with van der Waals surface area (Å²) in [6.07, 6.45) is 0. The van der Waals surface area contributed by atoms with Gasteiger partial charge in [0.05, 0.1) is 10.4 Å². The van der Waals surface area contributed by atoms with Crippen LogP contribution in [0.1, 0.15) is 15.2 Å². The number of amides is 1. The van der Waals surface area contributed by atoms with Gasteiger partial charge in [0.25, 0.3) is 5.91 Å². The fourth-order valence-electron chi connectivity index (χ4n) is 1.92. The van der Waals surface area contributed by atoms with Gasteiger partial charge in [-0.2, -0.15) is 0 Å². The fraction of sp³-hybridized carbons (Fsp3) is 0.0833. The molecule has 3 nitrogen and oxygen atoms in total. The molecule has 1 aliphatic heterocycles. The van der Waals surface area contributed by atoms with E-state index in [9.17, 15) is 18.0 Å². The van der Waals surface area contributed by atoms with Crippen molar-refractivity contribution in [3.8, 4) is 16.2 Å². The summed E-state index contributed by atoms with van der Waals surface area (Å²) in [5.74, 6) is -4.95. The summed E-state index contributed by atoms with van der Waals surface area (Å²) in [5.41, 5.74) is 5.50. The van der Waals surface area contributed by atoms with Gasteiger partial charge in [0, 0.05) is 16.5 Å². The lowest BCUT2D eigenvalue weighted by atomic mass is 10.0. The van der Waals surface area contributed by atoms with Crippen LogP contribution in [0.25, 0.3) is 10.4 Å². The highest BCUT2D eigenvalue weighted by molar-refractivity contribution is 7.17. The van der Waals surface area contributed by atoms with Gasteiger partial charge >= 0.3 is 0 Å². The number of hydrogen-bond acceptors (Lipinski definition) is 3. The van der Waals surface area contributed by atoms with Crippen molar-refractivity contribution in [3.63, 3.8) is 0 Å². The van der Waals surface area contributed by atoms with E-state index in [2.05, 4.69) is 0 Å². The van der Waals surface area contributed by atoms with Crippen LogP contribution < -0.4 is 10.5 Å². The minimum Gasteiger partial charge on any atom is -0.488 e. The number of thiophene rings is 1. The van der Waals surface area contributed by atoms with E-state index in [0.29, 0.717) is 10.4 Å². The van der Waals surface area contributed by atoms with Gasteiger partial charge < -0.3 is 10.5 Å². The van der Waals surface area contributed by atoms with Crippen molar-refractivity contribution >= 4 is 17.2 Å². The number of primary amides is 1. The molecule has 19 heavy (non-hydrogen) atoms. The zero-order valence-corrected chi connectivity index (χ0v) is 10.1. The van der Waals surface area contributed by atoms with Crippen LogP contribution in [-0.4, -0.2) is 5.91 Å². The summed E-state index contributed by atoms with van der Waals surface area (Å²) in [6.45, 7) is 0.0522. The molecule has 2 N–H and O–H groups in total. The third-order valence-electron chi connectivity index (χ3n) is 2.79. The molecule has 7 heteroatoms. The van der Waals surface area contributed by atoms with Crippen molar-refractivity contribution in [2.45, 2.75) is 6.61 Å². The number of halogens is 3. The Morgan fingerprint density at radius 1 is 1.26 bits per heavy atom. The fourth-order valence-corrected chi connectivity index (χ4v) is 2.99. The second kappa shape index (κ2) is 3.99. The average Bonchev–Trinajstić information content (AvgIpc) is 2.79. The highest BCUT2D eigenvalue weighted by Crippen LogP contribution is 2.45. The van der Waals surface area contributed by atoms with Gasteiger partial charge in [-0.15, -0.1) is 11.3 Å². The van der Waals surface area contributed by atoms with Crippen molar-refractivity contribution in [2.75, 3.05) is 0 Å². The summed E-state index contributed by atoms with van der Waals surface area (Å²) in [5, 5.41) is 0. The zero-order valence-electron chi connectivity index (χ0n) is 9.30. The molecular formula is C12H6F3NO2S. The second-order valence-corrected chi connectivity index (χ2v) is 5.03. The van der Waals surface area contributed by atoms with Crippen molar-refractivity contribution < 1.29 is 22.7 Å². The molecule has 0 aliphatic carbocycles. The summed E-state index contributed by atoms with van der Waals surface area (Å²) >= 11 is 0.931. The van der Waals surface area contributed by atoms with Gasteiger partial charge in [0.1, 0.15) is 12.4 Å². The lowest BCUT2D eigenvalue weighted by molar-refractivity contribution is 0.100. The first-order valence-corrected chi connectivity index (χ1v) is 6.04. The maximum atomic E-state index is 13.8. The van der Waals surface area contributed by atoms with Crippen molar-refractivity contribution in [3.05, 3.63) is 40.0 Å². The monoisotopic (exact) mass is 285 g/mol.